The van der Waals surface area contributed by atoms with E-state index < -0.39 is 0 Å². The zero-order valence-electron chi connectivity index (χ0n) is 16.4. The van der Waals surface area contributed by atoms with Crippen LogP contribution >= 0.6 is 0 Å². The lowest BCUT2D eigenvalue weighted by atomic mass is 10.1. The average molecular weight is 414 g/mol. The second kappa shape index (κ2) is 8.62. The maximum absolute atomic E-state index is 13.1. The molecule has 4 aromatic rings. The molecule has 0 unspecified atom stereocenters. The monoisotopic (exact) mass is 414 g/mol. The predicted octanol–water partition coefficient (Wildman–Crippen LogP) is 4.42. The molecule has 0 atom stereocenters. The summed E-state index contributed by atoms with van der Waals surface area (Å²) in [7, 11) is 0. The van der Waals surface area contributed by atoms with E-state index in [0.717, 1.165) is 5.56 Å². The normalized spacial score (nSPS) is 10.6. The van der Waals surface area contributed by atoms with Crippen LogP contribution < -0.4 is 11.1 Å². The van der Waals surface area contributed by atoms with Crippen molar-refractivity contribution >= 4 is 17.4 Å². The summed E-state index contributed by atoms with van der Waals surface area (Å²) in [5.41, 5.74) is 9.65. The van der Waals surface area contributed by atoms with Gasteiger partial charge in [0, 0.05) is 16.8 Å². The largest absolute Gasteiger partial charge is 0.508 e. The Kier molecular flexibility index (Phi) is 5.57. The van der Waals surface area contributed by atoms with Crippen molar-refractivity contribution in [1.82, 2.24) is 9.97 Å². The molecule has 154 valence electrons. The third-order valence-corrected chi connectivity index (χ3v) is 4.66. The summed E-state index contributed by atoms with van der Waals surface area (Å²) in [5.74, 6) is -0.255. The summed E-state index contributed by atoms with van der Waals surface area (Å²) in [5, 5.41) is 12.4. The first-order valence-electron chi connectivity index (χ1n) is 9.54. The molecule has 0 aliphatic carbocycles. The molecule has 3 aromatic carbocycles. The van der Waals surface area contributed by atoms with Gasteiger partial charge in [-0.05, 0) is 54.1 Å². The summed E-state index contributed by atoms with van der Waals surface area (Å²) in [6.45, 7) is 0. The zero-order chi connectivity index (χ0) is 21.8. The number of carbonyl (C=O) groups is 1. The number of anilines is 2. The molecule has 1 amide bonds. The zero-order valence-corrected chi connectivity index (χ0v) is 16.4. The summed E-state index contributed by atoms with van der Waals surface area (Å²) >= 11 is 0. The predicted molar refractivity (Wildman–Crippen MR) is 118 cm³/mol. The number of phenols is 1. The molecule has 0 radical (unpaired) electrons. The summed E-state index contributed by atoms with van der Waals surface area (Å²) in [4.78, 5) is 21.7. The molecule has 4 N–H and O–H groups in total. The number of amides is 1. The highest BCUT2D eigenvalue weighted by atomic mass is 19.1. The molecule has 1 heterocycles. The van der Waals surface area contributed by atoms with Gasteiger partial charge in [-0.25, -0.2) is 14.4 Å². The average Bonchev–Trinajstić information content (AvgIpc) is 2.77. The Labute approximate surface area is 178 Å². The summed E-state index contributed by atoms with van der Waals surface area (Å²) in [6.07, 6.45) is 1.64. The van der Waals surface area contributed by atoms with Crippen LogP contribution in [0.2, 0.25) is 0 Å². The number of carbonyl (C=O) groups excluding carboxylic acids is 1. The molecular formula is C24H19FN4O2. The van der Waals surface area contributed by atoms with Gasteiger partial charge in [0.15, 0.2) is 5.82 Å². The van der Waals surface area contributed by atoms with Crippen LogP contribution in [0, 0.1) is 5.82 Å². The molecule has 0 aliphatic heterocycles. The van der Waals surface area contributed by atoms with Gasteiger partial charge in [0.05, 0.1) is 18.3 Å². The quantitative estimate of drug-likeness (QED) is 0.420. The number of phenolic OH excluding ortho intramolecular Hbond substituents is 1. The Hall–Kier alpha value is -4.26. The van der Waals surface area contributed by atoms with Crippen LogP contribution in [0.3, 0.4) is 0 Å². The number of nitrogen functional groups attached to an aromatic ring is 1. The number of halogens is 1. The van der Waals surface area contributed by atoms with Gasteiger partial charge in [0.1, 0.15) is 17.3 Å². The molecule has 0 fully saturated rings. The number of rotatable bonds is 5. The van der Waals surface area contributed by atoms with E-state index in [0.29, 0.717) is 28.2 Å². The third-order valence-electron chi connectivity index (χ3n) is 4.66. The number of benzene rings is 3. The minimum absolute atomic E-state index is 0.0662. The molecule has 7 heteroatoms. The lowest BCUT2D eigenvalue weighted by Crippen LogP contribution is -2.16. The number of aromatic hydroxyl groups is 1. The Bertz CT molecular complexity index is 1210. The molecule has 0 bridgehead atoms. The first-order valence-corrected chi connectivity index (χ1v) is 9.54. The van der Waals surface area contributed by atoms with Crippen molar-refractivity contribution in [1.29, 1.82) is 0 Å². The SMILES string of the molecule is Nc1ccc(-c2cnc(NC(=O)Cc3ccc(F)cc3)c(-c3ccc(O)cc3)n2)cc1. The van der Waals surface area contributed by atoms with Gasteiger partial charge in [-0.3, -0.25) is 4.79 Å². The van der Waals surface area contributed by atoms with Gasteiger partial charge >= 0.3 is 0 Å². The van der Waals surface area contributed by atoms with Crippen LogP contribution in [-0.4, -0.2) is 21.0 Å². The molecule has 0 saturated heterocycles. The Morgan fingerprint density at radius 2 is 1.58 bits per heavy atom. The maximum Gasteiger partial charge on any atom is 0.230 e. The minimum Gasteiger partial charge on any atom is -0.508 e. The molecule has 4 rings (SSSR count). The van der Waals surface area contributed by atoms with Crippen molar-refractivity contribution in [3.63, 3.8) is 0 Å². The van der Waals surface area contributed by atoms with Gasteiger partial charge in [0.25, 0.3) is 0 Å². The minimum atomic E-state index is -0.358. The summed E-state index contributed by atoms with van der Waals surface area (Å²) < 4.78 is 13.1. The van der Waals surface area contributed by atoms with E-state index in [4.69, 9.17) is 10.7 Å². The second-order valence-electron chi connectivity index (χ2n) is 6.97. The standard InChI is InChI=1S/C24H19FN4O2/c25-18-7-1-15(2-8-18)13-22(31)29-24-23(17-5-11-20(30)12-6-17)28-21(14-27-24)16-3-9-19(26)10-4-16/h1-12,14,30H,13,26H2,(H,27,29,31). The van der Waals surface area contributed by atoms with Crippen LogP contribution in [0.4, 0.5) is 15.9 Å². The number of hydrogen-bond acceptors (Lipinski definition) is 5. The van der Waals surface area contributed by atoms with Crippen LogP contribution in [0.5, 0.6) is 5.75 Å². The topological polar surface area (TPSA) is 101 Å². The smallest absolute Gasteiger partial charge is 0.230 e. The fourth-order valence-electron chi connectivity index (χ4n) is 3.06. The molecule has 6 nitrogen and oxygen atoms in total. The van der Waals surface area contributed by atoms with Crippen LogP contribution in [0.1, 0.15) is 5.56 Å². The van der Waals surface area contributed by atoms with Gasteiger partial charge in [-0.2, -0.15) is 0 Å². The van der Waals surface area contributed by atoms with Crippen molar-refractivity contribution in [3.8, 4) is 28.3 Å². The Morgan fingerprint density at radius 1 is 0.935 bits per heavy atom. The lowest BCUT2D eigenvalue weighted by molar-refractivity contribution is -0.115. The number of nitrogens with zero attached hydrogens (tertiary/aromatic N) is 2. The van der Waals surface area contributed by atoms with E-state index in [1.54, 1.807) is 42.6 Å². The molecule has 31 heavy (non-hydrogen) atoms. The van der Waals surface area contributed by atoms with E-state index in [1.807, 2.05) is 12.1 Å². The van der Waals surface area contributed by atoms with Crippen molar-refractivity contribution < 1.29 is 14.3 Å². The number of nitrogens with one attached hydrogen (secondary N) is 1. The van der Waals surface area contributed by atoms with Gasteiger partial charge in [0.2, 0.25) is 5.91 Å². The van der Waals surface area contributed by atoms with Crippen molar-refractivity contribution in [2.24, 2.45) is 0 Å². The van der Waals surface area contributed by atoms with Gasteiger partial charge in [-0.1, -0.05) is 24.3 Å². The molecule has 1 aromatic heterocycles. The highest BCUT2D eigenvalue weighted by Crippen LogP contribution is 2.29. The lowest BCUT2D eigenvalue weighted by Gasteiger charge is -2.12. The van der Waals surface area contributed by atoms with E-state index in [9.17, 15) is 14.3 Å². The first-order chi connectivity index (χ1) is 15.0. The second-order valence-corrected chi connectivity index (χ2v) is 6.97. The van der Waals surface area contributed by atoms with Crippen molar-refractivity contribution in [3.05, 3.63) is 90.4 Å². The summed E-state index contributed by atoms with van der Waals surface area (Å²) in [6, 6.07) is 19.4. The van der Waals surface area contributed by atoms with Crippen molar-refractivity contribution in [2.45, 2.75) is 6.42 Å². The first kappa shape index (κ1) is 20.0. The third kappa shape index (κ3) is 4.84. The van der Waals surface area contributed by atoms with E-state index in [1.165, 1.54) is 24.3 Å². The van der Waals surface area contributed by atoms with E-state index >= 15 is 0 Å². The number of aromatic nitrogens is 2. The number of nitrogens with two attached hydrogens (primary N) is 1. The molecular weight excluding hydrogens is 395 g/mol. The van der Waals surface area contributed by atoms with Crippen molar-refractivity contribution in [2.75, 3.05) is 11.1 Å². The van der Waals surface area contributed by atoms with Gasteiger partial charge < -0.3 is 16.2 Å². The highest BCUT2D eigenvalue weighted by Gasteiger charge is 2.14. The van der Waals surface area contributed by atoms with E-state index in [2.05, 4.69) is 10.3 Å². The molecule has 0 spiro atoms. The Morgan fingerprint density at radius 3 is 2.26 bits per heavy atom. The van der Waals surface area contributed by atoms with Crippen LogP contribution in [0.15, 0.2) is 79.0 Å². The molecule has 0 aliphatic rings. The maximum atomic E-state index is 13.1. The fourth-order valence-corrected chi connectivity index (χ4v) is 3.06. The highest BCUT2D eigenvalue weighted by molar-refractivity contribution is 5.94. The van der Waals surface area contributed by atoms with E-state index in [-0.39, 0.29) is 29.7 Å². The number of hydrogen-bond donors (Lipinski definition) is 3. The van der Waals surface area contributed by atoms with Crippen LogP contribution in [-0.2, 0) is 11.2 Å². The molecule has 0 saturated carbocycles. The fraction of sp³-hybridized carbons (Fsp3) is 0.0417. The Balaban J connectivity index is 1.67. The van der Waals surface area contributed by atoms with Crippen LogP contribution in [0.25, 0.3) is 22.5 Å². The van der Waals surface area contributed by atoms with Gasteiger partial charge in [-0.15, -0.1) is 0 Å².